The minimum absolute atomic E-state index is 0.0362. The molecule has 48 heavy (non-hydrogen) atoms. The Hall–Kier alpha value is -3.07. The number of carbonyl (C=O) groups is 4. The number of azide groups is 1. The molecule has 0 saturated carbocycles. The van der Waals surface area contributed by atoms with Crippen molar-refractivity contribution in [2.24, 2.45) is 28.6 Å². The molecule has 0 spiro atoms. The molecular formula is C33H53N5O10. The average molecular weight is 680 g/mol. The molecule has 3 N–H and O–H groups in total. The summed E-state index contributed by atoms with van der Waals surface area (Å²) in [7, 11) is 1.43. The van der Waals surface area contributed by atoms with Crippen LogP contribution in [0.4, 0.5) is 4.79 Å². The maximum atomic E-state index is 14.3. The van der Waals surface area contributed by atoms with Crippen molar-refractivity contribution in [3.8, 4) is 0 Å². The highest BCUT2D eigenvalue weighted by atomic mass is 16.7. The van der Waals surface area contributed by atoms with Gasteiger partial charge >= 0.3 is 12.1 Å². The predicted molar refractivity (Wildman–Crippen MR) is 173 cm³/mol. The van der Waals surface area contributed by atoms with Gasteiger partial charge < -0.3 is 34.5 Å². The molecule has 3 fully saturated rings. The molecule has 3 rings (SSSR count). The fraction of sp³-hybridized carbons (Fsp3) is 0.818. The Kier molecular flexibility index (Phi) is 13.2. The van der Waals surface area contributed by atoms with E-state index >= 15 is 0 Å². The highest BCUT2D eigenvalue weighted by Gasteiger charge is 2.59. The Labute approximate surface area is 282 Å². The van der Waals surface area contributed by atoms with E-state index in [1.165, 1.54) is 18.9 Å². The quantitative estimate of drug-likeness (QED) is 0.0683. The Morgan fingerprint density at radius 2 is 1.83 bits per heavy atom. The maximum Gasteiger partial charge on any atom is 0.411 e. The summed E-state index contributed by atoms with van der Waals surface area (Å²) in [6.07, 6.45) is -4.06. The monoisotopic (exact) mass is 679 g/mol. The number of Topliss-reactive ketones (excluding diaryl/α,β-unsaturated/α-hetero) is 2. The fourth-order valence-electron chi connectivity index (χ4n) is 7.34. The summed E-state index contributed by atoms with van der Waals surface area (Å²) in [4.78, 5) is 59.5. The predicted octanol–water partition coefficient (Wildman–Crippen LogP) is 3.60. The normalized spacial score (nSPS) is 40.0. The van der Waals surface area contributed by atoms with E-state index in [1.807, 2.05) is 0 Å². The number of ketones is 2. The SMILES string of the molecule is C=C1C(=O)[C@H](C)C[C@@](C)(OC)[C@H](O[C@@H]2OC(C)CC(N)C2O)[C@@H](C)C(=O)[C@@H](C)C(=O)O[C@H](CC)[C@@]2(C)OC(=O)N(CCCCN=[N+]=[N-])[C@H]12. The van der Waals surface area contributed by atoms with Crippen LogP contribution < -0.4 is 5.73 Å². The van der Waals surface area contributed by atoms with Crippen molar-refractivity contribution in [2.45, 2.75) is 135 Å². The number of aliphatic hydroxyl groups is 1. The van der Waals surface area contributed by atoms with Crippen LogP contribution >= 0.6 is 0 Å². The number of hydrogen-bond donors (Lipinski definition) is 2. The second-order valence-electron chi connectivity index (χ2n) is 13.8. The number of cyclic esters (lactones) is 1. The highest BCUT2D eigenvalue weighted by Crippen LogP contribution is 2.42. The minimum atomic E-state index is -1.52. The van der Waals surface area contributed by atoms with Gasteiger partial charge in [-0.05, 0) is 65.3 Å². The van der Waals surface area contributed by atoms with Gasteiger partial charge in [-0.2, -0.15) is 0 Å². The number of fused-ring (bicyclic) bond motifs is 1. The van der Waals surface area contributed by atoms with Gasteiger partial charge in [-0.15, -0.1) is 0 Å². The molecule has 0 aromatic heterocycles. The number of rotatable bonds is 9. The number of amides is 1. The zero-order valence-electron chi connectivity index (χ0n) is 29.4. The number of nitrogens with two attached hydrogens (primary N) is 1. The molecule has 3 heterocycles. The first-order valence-corrected chi connectivity index (χ1v) is 16.7. The molecule has 1 amide bonds. The topological polar surface area (TPSA) is 213 Å². The summed E-state index contributed by atoms with van der Waals surface area (Å²) in [6.45, 7) is 16.1. The third-order valence-electron chi connectivity index (χ3n) is 10.2. The van der Waals surface area contributed by atoms with Crippen LogP contribution in [0.5, 0.6) is 0 Å². The van der Waals surface area contributed by atoms with E-state index in [2.05, 4.69) is 16.6 Å². The lowest BCUT2D eigenvalue weighted by atomic mass is 9.75. The number of unbranched alkanes of at least 4 members (excludes halogenated alkanes) is 1. The van der Waals surface area contributed by atoms with Crippen molar-refractivity contribution in [2.75, 3.05) is 20.2 Å². The number of aliphatic hydroxyl groups excluding tert-OH is 1. The van der Waals surface area contributed by atoms with Crippen molar-refractivity contribution in [3.05, 3.63) is 22.6 Å². The van der Waals surface area contributed by atoms with Crippen molar-refractivity contribution >= 4 is 23.6 Å². The van der Waals surface area contributed by atoms with Crippen molar-refractivity contribution in [1.29, 1.82) is 0 Å². The van der Waals surface area contributed by atoms with E-state index in [0.29, 0.717) is 19.3 Å². The Bertz CT molecular complexity index is 1280. The van der Waals surface area contributed by atoms with Gasteiger partial charge in [0, 0.05) is 48.6 Å². The summed E-state index contributed by atoms with van der Waals surface area (Å²) < 4.78 is 30.2. The van der Waals surface area contributed by atoms with E-state index in [-0.39, 0.29) is 43.4 Å². The summed E-state index contributed by atoms with van der Waals surface area (Å²) >= 11 is 0. The third-order valence-corrected chi connectivity index (χ3v) is 10.2. The largest absolute Gasteiger partial charge is 0.457 e. The van der Waals surface area contributed by atoms with Gasteiger partial charge in [-0.25, -0.2) is 4.79 Å². The summed E-state index contributed by atoms with van der Waals surface area (Å²) in [5.41, 5.74) is 12.0. The van der Waals surface area contributed by atoms with Crippen LogP contribution in [0.15, 0.2) is 17.3 Å². The first-order chi connectivity index (χ1) is 22.5. The van der Waals surface area contributed by atoms with E-state index in [0.717, 1.165) is 0 Å². The maximum absolute atomic E-state index is 14.3. The molecule has 15 nitrogen and oxygen atoms in total. The molecule has 0 radical (unpaired) electrons. The summed E-state index contributed by atoms with van der Waals surface area (Å²) in [5.74, 6) is -4.76. The highest BCUT2D eigenvalue weighted by molar-refractivity contribution is 6.00. The lowest BCUT2D eigenvalue weighted by Crippen LogP contribution is -2.59. The molecule has 270 valence electrons. The van der Waals surface area contributed by atoms with E-state index in [9.17, 15) is 24.3 Å². The third kappa shape index (κ3) is 8.03. The number of esters is 1. The second kappa shape index (κ2) is 16.1. The van der Waals surface area contributed by atoms with Gasteiger partial charge in [0.05, 0.1) is 17.8 Å². The van der Waals surface area contributed by atoms with Crippen molar-refractivity contribution < 1.29 is 48.0 Å². The van der Waals surface area contributed by atoms with E-state index in [4.69, 9.17) is 34.9 Å². The molecule has 3 aliphatic rings. The molecule has 12 atom stereocenters. The van der Waals surface area contributed by atoms with Crippen molar-refractivity contribution in [3.63, 3.8) is 0 Å². The van der Waals surface area contributed by atoms with Crippen LogP contribution in [0.3, 0.4) is 0 Å². The van der Waals surface area contributed by atoms with Crippen LogP contribution in [0.1, 0.15) is 80.6 Å². The zero-order valence-corrected chi connectivity index (χ0v) is 29.4. The van der Waals surface area contributed by atoms with Crippen LogP contribution in [-0.4, -0.2) is 108 Å². The smallest absolute Gasteiger partial charge is 0.411 e. The van der Waals surface area contributed by atoms with Gasteiger partial charge in [-0.3, -0.25) is 19.3 Å². The van der Waals surface area contributed by atoms with Gasteiger partial charge in [0.25, 0.3) is 0 Å². The Morgan fingerprint density at radius 3 is 2.44 bits per heavy atom. The average Bonchev–Trinajstić information content (AvgIpc) is 3.30. The molecule has 3 unspecified atom stereocenters. The van der Waals surface area contributed by atoms with Gasteiger partial charge in [-0.1, -0.05) is 32.5 Å². The number of nitrogens with zero attached hydrogens (tertiary/aromatic N) is 4. The fourth-order valence-corrected chi connectivity index (χ4v) is 7.34. The molecule has 3 aliphatic heterocycles. The Balaban J connectivity index is 2.10. The first kappa shape index (κ1) is 39.4. The van der Waals surface area contributed by atoms with Crippen LogP contribution in [0.2, 0.25) is 0 Å². The summed E-state index contributed by atoms with van der Waals surface area (Å²) in [6, 6.07) is -1.66. The molecule has 0 aliphatic carbocycles. The first-order valence-electron chi connectivity index (χ1n) is 16.7. The van der Waals surface area contributed by atoms with Gasteiger partial charge in [0.2, 0.25) is 0 Å². The van der Waals surface area contributed by atoms with E-state index < -0.39 is 83.5 Å². The molecule has 15 heteroatoms. The minimum Gasteiger partial charge on any atom is -0.457 e. The molecule has 3 saturated heterocycles. The second-order valence-corrected chi connectivity index (χ2v) is 13.8. The number of ether oxygens (including phenoxy) is 5. The van der Waals surface area contributed by atoms with Crippen LogP contribution in [0, 0.1) is 17.8 Å². The lowest BCUT2D eigenvalue weighted by Gasteiger charge is -2.45. The van der Waals surface area contributed by atoms with Crippen molar-refractivity contribution in [1.82, 2.24) is 4.90 Å². The molecule has 0 aromatic rings. The molecule has 0 bridgehead atoms. The summed E-state index contributed by atoms with van der Waals surface area (Å²) in [5, 5.41) is 14.4. The van der Waals surface area contributed by atoms with Crippen LogP contribution in [-0.2, 0) is 38.1 Å². The lowest BCUT2D eigenvalue weighted by molar-refractivity contribution is -0.288. The standard InChI is InChI=1S/C33H53N5O10/c1-10-23-33(8)27(38(31(43)48-33)14-12-11-13-36-37-35)19(4)24(39)17(2)16-32(7,44-9)28(20(5)25(40)21(6)29(42)46-23)47-30-26(41)22(34)15-18(3)45-30/h17-18,20-23,26-28,30,41H,4,10-16,34H2,1-3,5-9H3/t17-,18?,20+,21-,22?,23-,26?,27-,28-,30+,32-,33-/m1/s1. The van der Waals surface area contributed by atoms with E-state index in [1.54, 1.807) is 41.5 Å². The zero-order chi connectivity index (χ0) is 36.1. The van der Waals surface area contributed by atoms with Crippen LogP contribution in [0.25, 0.3) is 10.4 Å². The molecular weight excluding hydrogens is 626 g/mol. The molecule has 0 aromatic carbocycles. The number of carbonyl (C=O) groups excluding carboxylic acids is 4. The number of hydrogen-bond acceptors (Lipinski definition) is 12. The number of methoxy groups -OCH3 is 1. The Morgan fingerprint density at radius 1 is 1.17 bits per heavy atom. The van der Waals surface area contributed by atoms with Gasteiger partial charge in [0.1, 0.15) is 24.2 Å². The van der Waals surface area contributed by atoms with Gasteiger partial charge in [0.15, 0.2) is 23.5 Å².